The Kier molecular flexibility index (Phi) is 4.35. The van der Waals surface area contributed by atoms with Gasteiger partial charge in [0.2, 0.25) is 5.91 Å². The molecule has 1 unspecified atom stereocenters. The highest BCUT2D eigenvalue weighted by Gasteiger charge is 2.10. The number of benzene rings is 1. The normalized spacial score (nSPS) is 12.3. The summed E-state index contributed by atoms with van der Waals surface area (Å²) in [5, 5.41) is 5.80. The Hall–Kier alpha value is -1.51. The fourth-order valence-corrected chi connectivity index (χ4v) is 1.52. The van der Waals surface area contributed by atoms with Gasteiger partial charge in [-0.15, -0.1) is 0 Å². The number of rotatable bonds is 4. The Morgan fingerprint density at radius 3 is 2.50 bits per heavy atom. The van der Waals surface area contributed by atoms with Crippen LogP contribution in [0.25, 0.3) is 0 Å². The van der Waals surface area contributed by atoms with Gasteiger partial charge in [-0.3, -0.25) is 4.79 Å². The van der Waals surface area contributed by atoms with E-state index in [1.54, 1.807) is 7.05 Å². The number of nitrogens with one attached hydrogen (secondary N) is 2. The Morgan fingerprint density at radius 2 is 1.94 bits per heavy atom. The van der Waals surface area contributed by atoms with Crippen molar-refractivity contribution in [1.29, 1.82) is 0 Å². The van der Waals surface area contributed by atoms with Crippen LogP contribution in [0.1, 0.15) is 32.3 Å². The standard InChI is InChI=1S/C13H20N2O/c1-9(2)11-6-5-7-12(8-11)15-10(3)13(16)14-4/h5-10,15H,1-4H3,(H,14,16). The maximum atomic E-state index is 11.4. The summed E-state index contributed by atoms with van der Waals surface area (Å²) < 4.78 is 0. The molecule has 0 fully saturated rings. The number of carbonyl (C=O) groups excluding carboxylic acids is 1. The lowest BCUT2D eigenvalue weighted by Gasteiger charge is -2.15. The third-order valence-corrected chi connectivity index (χ3v) is 2.58. The molecule has 0 saturated heterocycles. The van der Waals surface area contributed by atoms with Gasteiger partial charge >= 0.3 is 0 Å². The summed E-state index contributed by atoms with van der Waals surface area (Å²) in [5.41, 5.74) is 2.26. The highest BCUT2D eigenvalue weighted by atomic mass is 16.2. The molecule has 2 N–H and O–H groups in total. The molecule has 1 atom stereocenters. The summed E-state index contributed by atoms with van der Waals surface area (Å²) >= 11 is 0. The van der Waals surface area contributed by atoms with Gasteiger partial charge in [-0.2, -0.15) is 0 Å². The summed E-state index contributed by atoms with van der Waals surface area (Å²) in [6.07, 6.45) is 0. The highest BCUT2D eigenvalue weighted by Crippen LogP contribution is 2.18. The van der Waals surface area contributed by atoms with Crippen LogP contribution >= 0.6 is 0 Å². The Balaban J connectivity index is 2.74. The van der Waals surface area contributed by atoms with E-state index >= 15 is 0 Å². The number of amides is 1. The summed E-state index contributed by atoms with van der Waals surface area (Å²) in [6, 6.07) is 7.96. The molecule has 3 nitrogen and oxygen atoms in total. The van der Waals surface area contributed by atoms with E-state index in [0.29, 0.717) is 5.92 Å². The largest absolute Gasteiger partial charge is 0.374 e. The van der Waals surface area contributed by atoms with Crippen LogP contribution in [0.4, 0.5) is 5.69 Å². The zero-order chi connectivity index (χ0) is 12.1. The van der Waals surface area contributed by atoms with Gasteiger partial charge in [0.05, 0.1) is 0 Å². The first kappa shape index (κ1) is 12.6. The number of hydrogen-bond acceptors (Lipinski definition) is 2. The number of carbonyl (C=O) groups is 1. The molecule has 1 aromatic carbocycles. The van der Waals surface area contributed by atoms with E-state index in [-0.39, 0.29) is 11.9 Å². The van der Waals surface area contributed by atoms with Crippen molar-refractivity contribution >= 4 is 11.6 Å². The van der Waals surface area contributed by atoms with E-state index in [4.69, 9.17) is 0 Å². The minimum atomic E-state index is -0.215. The molecule has 16 heavy (non-hydrogen) atoms. The summed E-state index contributed by atoms with van der Waals surface area (Å²) in [5.74, 6) is 0.493. The molecule has 0 spiro atoms. The average molecular weight is 220 g/mol. The molecule has 0 aliphatic heterocycles. The van der Waals surface area contributed by atoms with Gasteiger partial charge in [0, 0.05) is 12.7 Å². The van der Waals surface area contributed by atoms with Crippen molar-refractivity contribution in [3.63, 3.8) is 0 Å². The van der Waals surface area contributed by atoms with Crippen molar-refractivity contribution in [2.75, 3.05) is 12.4 Å². The second-order valence-corrected chi connectivity index (χ2v) is 4.26. The van der Waals surface area contributed by atoms with Gasteiger partial charge in [-0.1, -0.05) is 26.0 Å². The van der Waals surface area contributed by atoms with Gasteiger partial charge in [-0.25, -0.2) is 0 Å². The Bertz CT molecular complexity index is 361. The van der Waals surface area contributed by atoms with Gasteiger partial charge in [-0.05, 0) is 30.5 Å². The fraction of sp³-hybridized carbons (Fsp3) is 0.462. The molecule has 1 aromatic rings. The third kappa shape index (κ3) is 3.26. The first-order chi connectivity index (χ1) is 7.54. The molecule has 88 valence electrons. The predicted molar refractivity (Wildman–Crippen MR) is 67.7 cm³/mol. The quantitative estimate of drug-likeness (QED) is 0.818. The molecule has 0 aromatic heterocycles. The molecule has 0 radical (unpaired) electrons. The lowest BCUT2D eigenvalue weighted by molar-refractivity contribution is -0.121. The van der Waals surface area contributed by atoms with E-state index in [9.17, 15) is 4.79 Å². The third-order valence-electron chi connectivity index (χ3n) is 2.58. The average Bonchev–Trinajstić information content (AvgIpc) is 2.28. The highest BCUT2D eigenvalue weighted by molar-refractivity contribution is 5.83. The molecule has 0 saturated carbocycles. The minimum Gasteiger partial charge on any atom is -0.374 e. The molecule has 1 rings (SSSR count). The van der Waals surface area contributed by atoms with Crippen LogP contribution in [0, 0.1) is 0 Å². The number of hydrogen-bond donors (Lipinski definition) is 2. The maximum Gasteiger partial charge on any atom is 0.241 e. The smallest absolute Gasteiger partial charge is 0.241 e. The van der Waals surface area contributed by atoms with Gasteiger partial charge < -0.3 is 10.6 Å². The van der Waals surface area contributed by atoms with Crippen LogP contribution < -0.4 is 10.6 Å². The van der Waals surface area contributed by atoms with E-state index < -0.39 is 0 Å². The van der Waals surface area contributed by atoms with E-state index in [2.05, 4.69) is 36.6 Å². The lowest BCUT2D eigenvalue weighted by Crippen LogP contribution is -2.35. The van der Waals surface area contributed by atoms with Crippen LogP contribution in [0.2, 0.25) is 0 Å². The van der Waals surface area contributed by atoms with E-state index in [1.165, 1.54) is 5.56 Å². The van der Waals surface area contributed by atoms with Crippen LogP contribution in [-0.2, 0) is 4.79 Å². The van der Waals surface area contributed by atoms with Crippen molar-refractivity contribution in [3.8, 4) is 0 Å². The topological polar surface area (TPSA) is 41.1 Å². The van der Waals surface area contributed by atoms with Crippen LogP contribution in [0.15, 0.2) is 24.3 Å². The minimum absolute atomic E-state index is 0.00468. The van der Waals surface area contributed by atoms with Crippen molar-refractivity contribution in [3.05, 3.63) is 29.8 Å². The molecular weight excluding hydrogens is 200 g/mol. The Morgan fingerprint density at radius 1 is 1.25 bits per heavy atom. The molecule has 0 heterocycles. The first-order valence-corrected chi connectivity index (χ1v) is 5.62. The second kappa shape index (κ2) is 5.54. The molecular formula is C13H20N2O. The van der Waals surface area contributed by atoms with Gasteiger partial charge in [0.15, 0.2) is 0 Å². The van der Waals surface area contributed by atoms with Gasteiger partial charge in [0.25, 0.3) is 0 Å². The van der Waals surface area contributed by atoms with Gasteiger partial charge in [0.1, 0.15) is 6.04 Å². The summed E-state index contributed by atoms with van der Waals surface area (Å²) in [7, 11) is 1.64. The lowest BCUT2D eigenvalue weighted by atomic mass is 10.0. The van der Waals surface area contributed by atoms with Crippen molar-refractivity contribution in [2.24, 2.45) is 0 Å². The van der Waals surface area contributed by atoms with Crippen LogP contribution in [0.5, 0.6) is 0 Å². The monoisotopic (exact) mass is 220 g/mol. The van der Waals surface area contributed by atoms with Crippen LogP contribution in [0.3, 0.4) is 0 Å². The van der Waals surface area contributed by atoms with Crippen molar-refractivity contribution in [2.45, 2.75) is 32.7 Å². The fourth-order valence-electron chi connectivity index (χ4n) is 1.52. The van der Waals surface area contributed by atoms with E-state index in [0.717, 1.165) is 5.69 Å². The summed E-state index contributed by atoms with van der Waals surface area (Å²) in [4.78, 5) is 11.4. The summed E-state index contributed by atoms with van der Waals surface area (Å²) in [6.45, 7) is 6.16. The predicted octanol–water partition coefficient (Wildman–Crippen LogP) is 2.36. The SMILES string of the molecule is CNC(=O)C(C)Nc1cccc(C(C)C)c1. The maximum absolute atomic E-state index is 11.4. The molecule has 0 aliphatic carbocycles. The molecule has 1 amide bonds. The second-order valence-electron chi connectivity index (χ2n) is 4.26. The molecule has 0 bridgehead atoms. The van der Waals surface area contributed by atoms with Crippen LogP contribution in [-0.4, -0.2) is 19.0 Å². The van der Waals surface area contributed by atoms with Crippen molar-refractivity contribution < 1.29 is 4.79 Å². The van der Waals surface area contributed by atoms with Crippen molar-refractivity contribution in [1.82, 2.24) is 5.32 Å². The zero-order valence-electron chi connectivity index (χ0n) is 10.4. The number of anilines is 1. The zero-order valence-corrected chi connectivity index (χ0v) is 10.4. The Labute approximate surface area is 97.2 Å². The first-order valence-electron chi connectivity index (χ1n) is 5.62. The number of likely N-dealkylation sites (N-methyl/N-ethyl adjacent to an activating group) is 1. The molecule has 0 aliphatic rings. The van der Waals surface area contributed by atoms with E-state index in [1.807, 2.05) is 19.1 Å². The molecule has 3 heteroatoms.